The Hall–Kier alpha value is -1.63. The summed E-state index contributed by atoms with van der Waals surface area (Å²) >= 11 is 0. The van der Waals surface area contributed by atoms with E-state index in [0.29, 0.717) is 11.6 Å². The third kappa shape index (κ3) is 2.69. The highest BCUT2D eigenvalue weighted by atomic mass is 14.7. The average Bonchev–Trinajstić information content (AvgIpc) is 2.44. The molecule has 1 aromatic heterocycles. The fraction of sp³-hybridized carbons (Fsp3) is 0.267. The predicted molar refractivity (Wildman–Crippen MR) is 68.2 cm³/mol. The summed E-state index contributed by atoms with van der Waals surface area (Å²) in [5.41, 5.74) is 1.62. The Morgan fingerprint density at radius 3 is 2.50 bits per heavy atom. The largest absolute Gasteiger partial charge is 0.256 e. The Bertz CT molecular complexity index is 636. The van der Waals surface area contributed by atoms with Gasteiger partial charge in [-0.2, -0.15) is 0 Å². The van der Waals surface area contributed by atoms with Crippen molar-refractivity contribution in [3.05, 3.63) is 54.1 Å². The summed E-state index contributed by atoms with van der Waals surface area (Å²) in [6.45, 7) is 4.23. The number of aromatic nitrogens is 1. The molecular formula is C15H17N. The molecule has 0 saturated heterocycles. The molecule has 1 nitrogen and oxygen atoms in total. The van der Waals surface area contributed by atoms with E-state index < -0.39 is 0 Å². The Kier molecular flexibility index (Phi) is 1.91. The van der Waals surface area contributed by atoms with Crippen LogP contribution < -0.4 is 0 Å². The summed E-state index contributed by atoms with van der Waals surface area (Å²) in [5.74, 6) is 0.512. The molecule has 1 heterocycles. The van der Waals surface area contributed by atoms with Gasteiger partial charge in [0.05, 0.1) is 12.5 Å². The monoisotopic (exact) mass is 216 g/mol. The van der Waals surface area contributed by atoms with E-state index in [1.54, 1.807) is 12.3 Å². The van der Waals surface area contributed by atoms with E-state index >= 15 is 0 Å². The molecule has 0 atom stereocenters. The van der Waals surface area contributed by atoms with Crippen molar-refractivity contribution < 1.29 is 6.85 Å². The van der Waals surface area contributed by atoms with Crippen LogP contribution in [-0.2, 0) is 6.42 Å². The van der Waals surface area contributed by atoms with Crippen molar-refractivity contribution in [2.75, 3.05) is 0 Å². The quantitative estimate of drug-likeness (QED) is 0.757. The minimum atomic E-state index is -0.384. The number of benzene rings is 1. The molecule has 0 aliphatic carbocycles. The molecule has 0 unspecified atom stereocenters. The summed E-state index contributed by atoms with van der Waals surface area (Å²) in [6.07, 6.45) is 2.60. The van der Waals surface area contributed by atoms with E-state index in [2.05, 4.69) is 18.8 Å². The molecule has 1 aromatic carbocycles. The van der Waals surface area contributed by atoms with Gasteiger partial charge in [-0.1, -0.05) is 50.1 Å². The SMILES string of the molecule is [2H]c1c([2H])c([2H])c(-c2ccc(CC(C)C)cn2)c([2H])c1[2H]. The molecule has 2 rings (SSSR count). The van der Waals surface area contributed by atoms with Gasteiger partial charge in [0.25, 0.3) is 0 Å². The lowest BCUT2D eigenvalue weighted by atomic mass is 10.0. The van der Waals surface area contributed by atoms with E-state index in [0.717, 1.165) is 12.0 Å². The lowest BCUT2D eigenvalue weighted by Crippen LogP contribution is -1.95. The van der Waals surface area contributed by atoms with Crippen LogP contribution in [0.3, 0.4) is 0 Å². The zero-order valence-corrected chi connectivity index (χ0v) is 9.46. The summed E-state index contributed by atoms with van der Waals surface area (Å²) in [6, 6.07) is 2.12. The Labute approximate surface area is 104 Å². The first kappa shape index (κ1) is 6.19. The molecule has 0 N–H and O–H groups in total. The Balaban J connectivity index is 2.52. The van der Waals surface area contributed by atoms with Gasteiger partial charge in [0, 0.05) is 11.8 Å². The Morgan fingerprint density at radius 1 is 1.19 bits per heavy atom. The van der Waals surface area contributed by atoms with E-state index in [4.69, 9.17) is 6.85 Å². The molecule has 0 saturated carbocycles. The smallest absolute Gasteiger partial charge is 0.0702 e. The van der Waals surface area contributed by atoms with Gasteiger partial charge in [-0.15, -0.1) is 0 Å². The summed E-state index contributed by atoms with van der Waals surface area (Å²) in [7, 11) is 0. The summed E-state index contributed by atoms with van der Waals surface area (Å²) < 4.78 is 38.8. The second kappa shape index (κ2) is 4.93. The normalized spacial score (nSPS) is 15.1. The minimum absolute atomic E-state index is 0.150. The molecule has 1 heteroatoms. The van der Waals surface area contributed by atoms with Gasteiger partial charge in [-0.05, 0) is 24.0 Å². The molecule has 0 amide bonds. The highest BCUT2D eigenvalue weighted by Gasteiger charge is 2.00. The second-order valence-electron chi connectivity index (χ2n) is 4.15. The first-order chi connectivity index (χ1) is 9.82. The third-order valence-electron chi connectivity index (χ3n) is 2.22. The lowest BCUT2D eigenvalue weighted by molar-refractivity contribution is 0.646. The molecule has 0 spiro atoms. The Morgan fingerprint density at radius 2 is 1.94 bits per heavy atom. The van der Waals surface area contributed by atoms with Gasteiger partial charge in [0.2, 0.25) is 0 Å². The summed E-state index contributed by atoms with van der Waals surface area (Å²) in [4.78, 5) is 4.27. The number of nitrogens with zero attached hydrogens (tertiary/aromatic N) is 1. The maximum Gasteiger partial charge on any atom is 0.0702 e. The first-order valence-electron chi connectivity index (χ1n) is 7.85. The molecule has 0 aliphatic heterocycles. The van der Waals surface area contributed by atoms with Crippen LogP contribution in [0.25, 0.3) is 11.3 Å². The van der Waals surface area contributed by atoms with Crippen molar-refractivity contribution in [3.63, 3.8) is 0 Å². The summed E-state index contributed by atoms with van der Waals surface area (Å²) in [5, 5.41) is 0. The van der Waals surface area contributed by atoms with E-state index in [1.165, 1.54) is 0 Å². The van der Waals surface area contributed by atoms with Crippen LogP contribution in [0.5, 0.6) is 0 Å². The van der Waals surface area contributed by atoms with Crippen LogP contribution in [0, 0.1) is 5.92 Å². The fourth-order valence-electron chi connectivity index (χ4n) is 1.54. The van der Waals surface area contributed by atoms with Gasteiger partial charge in [0.15, 0.2) is 0 Å². The predicted octanol–water partition coefficient (Wildman–Crippen LogP) is 3.95. The maximum absolute atomic E-state index is 7.93. The van der Waals surface area contributed by atoms with Gasteiger partial charge in [-0.25, -0.2) is 0 Å². The van der Waals surface area contributed by atoms with Crippen molar-refractivity contribution in [2.45, 2.75) is 20.3 Å². The molecule has 82 valence electrons. The molecule has 2 aromatic rings. The zero-order valence-electron chi connectivity index (χ0n) is 14.5. The second-order valence-corrected chi connectivity index (χ2v) is 4.15. The lowest BCUT2D eigenvalue weighted by Gasteiger charge is -2.05. The zero-order chi connectivity index (χ0) is 15.7. The molecular weight excluding hydrogens is 194 g/mol. The van der Waals surface area contributed by atoms with Crippen molar-refractivity contribution in [2.24, 2.45) is 5.92 Å². The van der Waals surface area contributed by atoms with Gasteiger partial charge < -0.3 is 0 Å². The first-order valence-corrected chi connectivity index (χ1v) is 5.35. The van der Waals surface area contributed by atoms with Crippen molar-refractivity contribution in [1.82, 2.24) is 4.98 Å². The average molecular weight is 216 g/mol. The maximum atomic E-state index is 7.93. The number of rotatable bonds is 3. The molecule has 0 bridgehead atoms. The van der Waals surface area contributed by atoms with E-state index in [1.807, 2.05) is 6.07 Å². The molecule has 0 aliphatic rings. The van der Waals surface area contributed by atoms with Crippen LogP contribution >= 0.6 is 0 Å². The highest BCUT2D eigenvalue weighted by molar-refractivity contribution is 5.58. The molecule has 16 heavy (non-hydrogen) atoms. The van der Waals surface area contributed by atoms with Crippen LogP contribution in [0.2, 0.25) is 0 Å². The standard InChI is InChI=1S/C15H17N/c1-12(2)10-13-8-9-15(16-11-13)14-6-4-3-5-7-14/h3-9,11-12H,10H2,1-2H3/i3D,4D,5D,6D,7D. The van der Waals surface area contributed by atoms with Gasteiger partial charge >= 0.3 is 0 Å². The highest BCUT2D eigenvalue weighted by Crippen LogP contribution is 2.17. The topological polar surface area (TPSA) is 12.9 Å². The van der Waals surface area contributed by atoms with Gasteiger partial charge in [-0.3, -0.25) is 4.98 Å². The van der Waals surface area contributed by atoms with Crippen LogP contribution in [0.15, 0.2) is 48.5 Å². The molecule has 0 radical (unpaired) electrons. The van der Waals surface area contributed by atoms with Crippen molar-refractivity contribution in [3.8, 4) is 11.3 Å². The van der Waals surface area contributed by atoms with Crippen molar-refractivity contribution in [1.29, 1.82) is 0 Å². The van der Waals surface area contributed by atoms with Crippen LogP contribution in [0.1, 0.15) is 26.3 Å². The number of hydrogen-bond acceptors (Lipinski definition) is 1. The minimum Gasteiger partial charge on any atom is -0.256 e. The van der Waals surface area contributed by atoms with Crippen LogP contribution in [-0.4, -0.2) is 4.98 Å². The van der Waals surface area contributed by atoms with Gasteiger partial charge in [0.1, 0.15) is 0 Å². The number of pyridine rings is 1. The van der Waals surface area contributed by atoms with E-state index in [-0.39, 0.29) is 35.8 Å². The van der Waals surface area contributed by atoms with Crippen LogP contribution in [0.4, 0.5) is 0 Å². The van der Waals surface area contributed by atoms with E-state index in [9.17, 15) is 0 Å². The fourth-order valence-corrected chi connectivity index (χ4v) is 1.54. The number of hydrogen-bond donors (Lipinski definition) is 0. The van der Waals surface area contributed by atoms with Crippen molar-refractivity contribution >= 4 is 0 Å². The third-order valence-corrected chi connectivity index (χ3v) is 2.22. The molecule has 0 fully saturated rings.